The molecule has 0 unspecified atom stereocenters. The fourth-order valence-electron chi connectivity index (χ4n) is 1.99. The zero-order valence-electron chi connectivity index (χ0n) is 8.41. The number of fused-ring (bicyclic) bond motifs is 3. The summed E-state index contributed by atoms with van der Waals surface area (Å²) in [7, 11) is 0. The number of hydrogen-bond donors (Lipinski definition) is 2. The van der Waals surface area contributed by atoms with Crippen molar-refractivity contribution in [1.29, 1.82) is 0 Å². The highest BCUT2D eigenvalue weighted by Crippen LogP contribution is 2.28. The zero-order chi connectivity index (χ0) is 10.4. The highest BCUT2D eigenvalue weighted by molar-refractivity contribution is 7.80. The summed E-state index contributed by atoms with van der Waals surface area (Å²) in [6.45, 7) is 2.09. The third-order valence-electron chi connectivity index (χ3n) is 2.82. The van der Waals surface area contributed by atoms with Crippen molar-refractivity contribution in [1.82, 2.24) is 4.98 Å². The van der Waals surface area contributed by atoms with Crippen LogP contribution in [0, 0.1) is 6.92 Å². The smallest absolute Gasteiger partial charge is 0.0476 e. The van der Waals surface area contributed by atoms with Crippen LogP contribution in [0.5, 0.6) is 0 Å². The van der Waals surface area contributed by atoms with Gasteiger partial charge in [-0.2, -0.15) is 0 Å². The summed E-state index contributed by atoms with van der Waals surface area (Å²) in [4.78, 5) is 4.43. The first-order chi connectivity index (χ1) is 7.25. The van der Waals surface area contributed by atoms with Crippen molar-refractivity contribution < 1.29 is 0 Å². The van der Waals surface area contributed by atoms with Gasteiger partial charge in [0.1, 0.15) is 0 Å². The zero-order valence-corrected chi connectivity index (χ0v) is 9.31. The molecule has 0 fully saturated rings. The molecule has 2 aromatic carbocycles. The highest BCUT2D eigenvalue weighted by atomic mass is 32.1. The predicted octanol–water partition coefficient (Wildman–Crippen LogP) is 3.92. The van der Waals surface area contributed by atoms with Gasteiger partial charge in [-0.15, -0.1) is 12.6 Å². The van der Waals surface area contributed by atoms with Crippen LogP contribution in [0.15, 0.2) is 41.3 Å². The molecule has 3 aromatic rings. The summed E-state index contributed by atoms with van der Waals surface area (Å²) >= 11 is 4.44. The van der Waals surface area contributed by atoms with Gasteiger partial charge in [0, 0.05) is 26.7 Å². The lowest BCUT2D eigenvalue weighted by Gasteiger charge is -1.98. The Morgan fingerprint density at radius 1 is 1.00 bits per heavy atom. The average Bonchev–Trinajstić information content (AvgIpc) is 2.57. The minimum atomic E-state index is 1.04. The van der Waals surface area contributed by atoms with E-state index < -0.39 is 0 Å². The fourth-order valence-corrected chi connectivity index (χ4v) is 2.19. The van der Waals surface area contributed by atoms with E-state index in [4.69, 9.17) is 0 Å². The highest BCUT2D eigenvalue weighted by Gasteiger charge is 2.04. The largest absolute Gasteiger partial charge is 0.354 e. The molecule has 0 aliphatic carbocycles. The molecule has 15 heavy (non-hydrogen) atoms. The molecular weight excluding hydrogens is 202 g/mol. The monoisotopic (exact) mass is 213 g/mol. The van der Waals surface area contributed by atoms with E-state index in [0.29, 0.717) is 0 Å². The molecule has 0 saturated carbocycles. The van der Waals surface area contributed by atoms with Gasteiger partial charge < -0.3 is 4.98 Å². The van der Waals surface area contributed by atoms with Gasteiger partial charge in [-0.3, -0.25) is 0 Å². The lowest BCUT2D eigenvalue weighted by molar-refractivity contribution is 1.33. The molecule has 2 heteroatoms. The van der Waals surface area contributed by atoms with E-state index in [9.17, 15) is 0 Å². The van der Waals surface area contributed by atoms with Crippen LogP contribution in [-0.2, 0) is 0 Å². The van der Waals surface area contributed by atoms with E-state index in [1.165, 1.54) is 21.9 Å². The van der Waals surface area contributed by atoms with Crippen LogP contribution in [0.4, 0.5) is 0 Å². The summed E-state index contributed by atoms with van der Waals surface area (Å²) in [5.74, 6) is 0. The van der Waals surface area contributed by atoms with Crippen LogP contribution < -0.4 is 0 Å². The van der Waals surface area contributed by atoms with Crippen molar-refractivity contribution in [2.24, 2.45) is 0 Å². The van der Waals surface area contributed by atoms with Crippen molar-refractivity contribution in [3.05, 3.63) is 42.0 Å². The maximum atomic E-state index is 4.44. The van der Waals surface area contributed by atoms with Gasteiger partial charge in [0.05, 0.1) is 0 Å². The van der Waals surface area contributed by atoms with Gasteiger partial charge in [0.2, 0.25) is 0 Å². The van der Waals surface area contributed by atoms with Gasteiger partial charge in [-0.05, 0) is 30.7 Å². The summed E-state index contributed by atoms with van der Waals surface area (Å²) in [6.07, 6.45) is 0. The summed E-state index contributed by atoms with van der Waals surface area (Å²) in [6, 6.07) is 12.6. The van der Waals surface area contributed by atoms with Crippen LogP contribution in [0.25, 0.3) is 21.8 Å². The van der Waals surface area contributed by atoms with Crippen molar-refractivity contribution >= 4 is 34.4 Å². The van der Waals surface area contributed by atoms with Crippen LogP contribution in [0.1, 0.15) is 5.56 Å². The normalized spacial score (nSPS) is 11.3. The number of hydrogen-bond acceptors (Lipinski definition) is 1. The number of para-hydroxylation sites is 1. The molecule has 0 atom stereocenters. The van der Waals surface area contributed by atoms with Gasteiger partial charge in [-0.1, -0.05) is 18.2 Å². The molecule has 0 bridgehead atoms. The second kappa shape index (κ2) is 3.04. The SMILES string of the molecule is Cc1cc2c(cc1S)[nH]c1ccccc12. The quantitative estimate of drug-likeness (QED) is 0.526. The third-order valence-corrected chi connectivity index (χ3v) is 3.30. The van der Waals surface area contributed by atoms with E-state index in [0.717, 1.165) is 10.4 Å². The van der Waals surface area contributed by atoms with Crippen molar-refractivity contribution in [3.8, 4) is 0 Å². The number of benzene rings is 2. The Morgan fingerprint density at radius 2 is 1.80 bits per heavy atom. The second-order valence-corrected chi connectivity index (χ2v) is 4.34. The Kier molecular flexibility index (Phi) is 1.80. The average molecular weight is 213 g/mol. The summed E-state index contributed by atoms with van der Waals surface area (Å²) in [5.41, 5.74) is 3.56. The van der Waals surface area contributed by atoms with E-state index in [1.807, 2.05) is 6.07 Å². The van der Waals surface area contributed by atoms with E-state index in [1.54, 1.807) is 0 Å². The molecule has 74 valence electrons. The first-order valence-corrected chi connectivity index (χ1v) is 5.40. The predicted molar refractivity (Wildman–Crippen MR) is 67.8 cm³/mol. The van der Waals surface area contributed by atoms with Crippen molar-refractivity contribution in [2.75, 3.05) is 0 Å². The first-order valence-electron chi connectivity index (χ1n) is 4.96. The maximum Gasteiger partial charge on any atom is 0.0476 e. The third kappa shape index (κ3) is 1.25. The minimum absolute atomic E-state index is 1.04. The Labute approximate surface area is 93.5 Å². The summed E-state index contributed by atoms with van der Waals surface area (Å²) < 4.78 is 0. The Bertz CT molecular complexity index is 652. The van der Waals surface area contributed by atoms with Gasteiger partial charge in [0.15, 0.2) is 0 Å². The van der Waals surface area contributed by atoms with Gasteiger partial charge >= 0.3 is 0 Å². The van der Waals surface area contributed by atoms with Crippen LogP contribution >= 0.6 is 12.6 Å². The minimum Gasteiger partial charge on any atom is -0.354 e. The maximum absolute atomic E-state index is 4.44. The molecule has 0 saturated heterocycles. The molecule has 0 spiro atoms. The van der Waals surface area contributed by atoms with Crippen LogP contribution in [-0.4, -0.2) is 4.98 Å². The Morgan fingerprint density at radius 3 is 2.67 bits per heavy atom. The topological polar surface area (TPSA) is 15.8 Å². The van der Waals surface area contributed by atoms with E-state index >= 15 is 0 Å². The lowest BCUT2D eigenvalue weighted by atomic mass is 10.1. The molecule has 1 heterocycles. The molecule has 0 amide bonds. The van der Waals surface area contributed by atoms with Crippen LogP contribution in [0.3, 0.4) is 0 Å². The standard InChI is InChI=1S/C13H11NS/c1-8-6-10-9-4-2-3-5-11(9)14-12(10)7-13(8)15/h2-7,14-15H,1H3. The fraction of sp³-hybridized carbons (Fsp3) is 0.0769. The van der Waals surface area contributed by atoms with Crippen LogP contribution in [0.2, 0.25) is 0 Å². The molecule has 0 aliphatic rings. The molecule has 1 nitrogen and oxygen atoms in total. The Hall–Kier alpha value is -1.41. The van der Waals surface area contributed by atoms with E-state index in [2.05, 4.69) is 54.9 Å². The molecule has 0 aliphatic heterocycles. The Balaban J connectivity index is 2.56. The molecule has 1 N–H and O–H groups in total. The molecule has 1 aromatic heterocycles. The lowest BCUT2D eigenvalue weighted by Crippen LogP contribution is -1.76. The summed E-state index contributed by atoms with van der Waals surface area (Å²) in [5, 5.41) is 2.56. The number of thiol groups is 1. The second-order valence-electron chi connectivity index (χ2n) is 3.85. The molecule has 3 rings (SSSR count). The molecular formula is C13H11NS. The number of aromatic amines is 1. The van der Waals surface area contributed by atoms with Crippen molar-refractivity contribution in [2.45, 2.75) is 11.8 Å². The number of aryl methyl sites for hydroxylation is 1. The first kappa shape index (κ1) is 8.86. The van der Waals surface area contributed by atoms with E-state index in [-0.39, 0.29) is 0 Å². The number of H-pyrrole nitrogens is 1. The van der Waals surface area contributed by atoms with Crippen molar-refractivity contribution in [3.63, 3.8) is 0 Å². The number of rotatable bonds is 0. The molecule has 0 radical (unpaired) electrons. The van der Waals surface area contributed by atoms with Gasteiger partial charge in [0.25, 0.3) is 0 Å². The number of aromatic nitrogens is 1. The number of nitrogens with one attached hydrogen (secondary N) is 1. The van der Waals surface area contributed by atoms with Gasteiger partial charge in [-0.25, -0.2) is 0 Å².